The van der Waals surface area contributed by atoms with Crippen LogP contribution in [0.25, 0.3) is 11.3 Å². The predicted octanol–water partition coefficient (Wildman–Crippen LogP) is 3.98. The standard InChI is InChI=1S/C20H27N3O3/c1-5-6-14(4)20(24)23(13(2)3)11-19-21-10-16(22-19)15-7-8-17-18(9-15)26-12-25-17/h7-10,13-14H,5-6,11-12H2,1-4H3,(H,21,22). The molecule has 1 aliphatic heterocycles. The molecule has 3 rings (SSSR count). The number of aromatic amines is 1. The number of hydrogen-bond donors (Lipinski definition) is 1. The zero-order chi connectivity index (χ0) is 18.7. The first kappa shape index (κ1) is 18.3. The molecule has 0 saturated heterocycles. The second kappa shape index (κ2) is 7.81. The molecule has 26 heavy (non-hydrogen) atoms. The van der Waals surface area contributed by atoms with Crippen molar-refractivity contribution < 1.29 is 14.3 Å². The number of aromatic nitrogens is 2. The van der Waals surface area contributed by atoms with Crippen LogP contribution in [-0.2, 0) is 11.3 Å². The molecule has 1 aromatic carbocycles. The Morgan fingerprint density at radius 2 is 2.04 bits per heavy atom. The van der Waals surface area contributed by atoms with Crippen LogP contribution in [0.1, 0.15) is 46.4 Å². The van der Waals surface area contributed by atoms with Gasteiger partial charge in [-0.15, -0.1) is 0 Å². The molecule has 0 radical (unpaired) electrons. The van der Waals surface area contributed by atoms with Gasteiger partial charge in [-0.3, -0.25) is 4.79 Å². The summed E-state index contributed by atoms with van der Waals surface area (Å²) in [6.07, 6.45) is 3.71. The molecule has 0 saturated carbocycles. The third kappa shape index (κ3) is 3.84. The van der Waals surface area contributed by atoms with Crippen LogP contribution < -0.4 is 9.47 Å². The number of H-pyrrole nitrogens is 1. The van der Waals surface area contributed by atoms with Crippen LogP contribution in [0.5, 0.6) is 11.5 Å². The highest BCUT2D eigenvalue weighted by atomic mass is 16.7. The Morgan fingerprint density at radius 1 is 1.27 bits per heavy atom. The Labute approximate surface area is 154 Å². The molecular formula is C20H27N3O3. The normalized spacial score (nSPS) is 13.9. The second-order valence-electron chi connectivity index (χ2n) is 7.06. The Morgan fingerprint density at radius 3 is 2.77 bits per heavy atom. The van der Waals surface area contributed by atoms with Crippen molar-refractivity contribution in [1.29, 1.82) is 0 Å². The highest BCUT2D eigenvalue weighted by Crippen LogP contribution is 2.35. The van der Waals surface area contributed by atoms with Crippen LogP contribution in [0.3, 0.4) is 0 Å². The average Bonchev–Trinajstić information content (AvgIpc) is 3.27. The van der Waals surface area contributed by atoms with Crippen LogP contribution in [0, 0.1) is 5.92 Å². The van der Waals surface area contributed by atoms with Crippen molar-refractivity contribution in [2.24, 2.45) is 5.92 Å². The van der Waals surface area contributed by atoms with Gasteiger partial charge in [-0.1, -0.05) is 20.3 Å². The van der Waals surface area contributed by atoms with Gasteiger partial charge in [0.05, 0.1) is 18.4 Å². The van der Waals surface area contributed by atoms with Crippen molar-refractivity contribution in [3.05, 3.63) is 30.2 Å². The molecule has 6 nitrogen and oxygen atoms in total. The maximum Gasteiger partial charge on any atom is 0.231 e. The number of nitrogens with zero attached hydrogens (tertiary/aromatic N) is 2. The van der Waals surface area contributed by atoms with Crippen LogP contribution in [0.15, 0.2) is 24.4 Å². The van der Waals surface area contributed by atoms with Crippen molar-refractivity contribution in [2.75, 3.05) is 6.79 Å². The zero-order valence-electron chi connectivity index (χ0n) is 15.9. The molecule has 0 spiro atoms. The summed E-state index contributed by atoms with van der Waals surface area (Å²) >= 11 is 0. The number of imidazole rings is 1. The minimum atomic E-state index is 0.0330. The van der Waals surface area contributed by atoms with Gasteiger partial charge < -0.3 is 19.4 Å². The topological polar surface area (TPSA) is 67.5 Å². The molecule has 140 valence electrons. The third-order valence-corrected chi connectivity index (χ3v) is 4.68. The minimum Gasteiger partial charge on any atom is -0.454 e. The summed E-state index contributed by atoms with van der Waals surface area (Å²) in [5.41, 5.74) is 1.88. The van der Waals surface area contributed by atoms with E-state index in [1.165, 1.54) is 0 Å². The molecule has 2 aromatic rings. The number of fused-ring (bicyclic) bond motifs is 1. The SMILES string of the molecule is CCCC(C)C(=O)N(Cc1ncc(-c2ccc3c(c2)OCO3)[nH]1)C(C)C. The number of carbonyl (C=O) groups excluding carboxylic acids is 1. The molecule has 2 heterocycles. The number of rotatable bonds is 7. The van der Waals surface area contributed by atoms with Gasteiger partial charge in [-0.2, -0.15) is 0 Å². The zero-order valence-corrected chi connectivity index (χ0v) is 15.9. The highest BCUT2D eigenvalue weighted by Gasteiger charge is 2.23. The van der Waals surface area contributed by atoms with E-state index in [-0.39, 0.29) is 24.7 Å². The van der Waals surface area contributed by atoms with E-state index in [0.717, 1.165) is 41.4 Å². The van der Waals surface area contributed by atoms with Gasteiger partial charge in [0.15, 0.2) is 11.5 Å². The van der Waals surface area contributed by atoms with Gasteiger partial charge in [0, 0.05) is 17.5 Å². The van der Waals surface area contributed by atoms with Gasteiger partial charge in [0.2, 0.25) is 12.7 Å². The first-order valence-corrected chi connectivity index (χ1v) is 9.24. The first-order chi connectivity index (χ1) is 12.5. The van der Waals surface area contributed by atoms with Gasteiger partial charge in [0.25, 0.3) is 0 Å². The monoisotopic (exact) mass is 357 g/mol. The largest absolute Gasteiger partial charge is 0.454 e. The fourth-order valence-electron chi connectivity index (χ4n) is 3.17. The molecule has 1 unspecified atom stereocenters. The predicted molar refractivity (Wildman–Crippen MR) is 99.9 cm³/mol. The fourth-order valence-corrected chi connectivity index (χ4v) is 3.17. The van der Waals surface area contributed by atoms with Crippen molar-refractivity contribution in [2.45, 2.75) is 53.1 Å². The van der Waals surface area contributed by atoms with Crippen LogP contribution in [0.2, 0.25) is 0 Å². The summed E-state index contributed by atoms with van der Waals surface area (Å²) in [5, 5.41) is 0. The number of carbonyl (C=O) groups is 1. The Bertz CT molecular complexity index is 769. The van der Waals surface area contributed by atoms with Gasteiger partial charge in [-0.05, 0) is 38.5 Å². The highest BCUT2D eigenvalue weighted by molar-refractivity contribution is 5.78. The molecule has 1 aromatic heterocycles. The number of amides is 1. The summed E-state index contributed by atoms with van der Waals surface area (Å²) in [6.45, 7) is 8.93. The maximum atomic E-state index is 12.7. The molecule has 0 bridgehead atoms. The molecule has 1 aliphatic rings. The quantitative estimate of drug-likeness (QED) is 0.814. The Kier molecular flexibility index (Phi) is 5.49. The summed E-state index contributed by atoms with van der Waals surface area (Å²) in [4.78, 5) is 22.4. The molecule has 1 amide bonds. The van der Waals surface area contributed by atoms with E-state index in [0.29, 0.717) is 6.54 Å². The lowest BCUT2D eigenvalue weighted by Gasteiger charge is -2.28. The van der Waals surface area contributed by atoms with Crippen molar-refractivity contribution >= 4 is 5.91 Å². The molecule has 0 fully saturated rings. The van der Waals surface area contributed by atoms with E-state index in [9.17, 15) is 4.79 Å². The second-order valence-corrected chi connectivity index (χ2v) is 7.06. The average molecular weight is 357 g/mol. The van der Waals surface area contributed by atoms with Crippen LogP contribution in [-0.4, -0.2) is 33.6 Å². The summed E-state index contributed by atoms with van der Waals surface area (Å²) < 4.78 is 10.8. The van der Waals surface area contributed by atoms with Crippen LogP contribution >= 0.6 is 0 Å². The van der Waals surface area contributed by atoms with Crippen molar-refractivity contribution in [3.8, 4) is 22.8 Å². The van der Waals surface area contributed by atoms with Gasteiger partial charge in [-0.25, -0.2) is 4.98 Å². The minimum absolute atomic E-state index is 0.0330. The Hall–Kier alpha value is -2.50. The lowest BCUT2D eigenvalue weighted by Crippen LogP contribution is -2.40. The molecular weight excluding hydrogens is 330 g/mol. The Balaban J connectivity index is 1.75. The summed E-state index contributed by atoms with van der Waals surface area (Å²) in [7, 11) is 0. The van der Waals surface area contributed by atoms with Gasteiger partial charge >= 0.3 is 0 Å². The maximum absolute atomic E-state index is 12.7. The number of nitrogens with one attached hydrogen (secondary N) is 1. The van der Waals surface area contributed by atoms with Crippen LogP contribution in [0.4, 0.5) is 0 Å². The fraction of sp³-hybridized carbons (Fsp3) is 0.500. The lowest BCUT2D eigenvalue weighted by atomic mass is 10.0. The van der Waals surface area contributed by atoms with Gasteiger partial charge in [0.1, 0.15) is 5.82 Å². The molecule has 1 N–H and O–H groups in total. The number of hydrogen-bond acceptors (Lipinski definition) is 4. The van der Waals surface area contributed by atoms with E-state index in [1.807, 2.05) is 43.9 Å². The lowest BCUT2D eigenvalue weighted by molar-refractivity contribution is -0.137. The third-order valence-electron chi connectivity index (χ3n) is 4.68. The van der Waals surface area contributed by atoms with Crippen molar-refractivity contribution in [1.82, 2.24) is 14.9 Å². The van der Waals surface area contributed by atoms with E-state index in [1.54, 1.807) is 6.20 Å². The smallest absolute Gasteiger partial charge is 0.231 e. The first-order valence-electron chi connectivity index (χ1n) is 9.24. The number of ether oxygens (including phenoxy) is 2. The van der Waals surface area contributed by atoms with Crippen molar-refractivity contribution in [3.63, 3.8) is 0 Å². The molecule has 6 heteroatoms. The van der Waals surface area contributed by atoms with E-state index >= 15 is 0 Å². The summed E-state index contributed by atoms with van der Waals surface area (Å²) in [6, 6.07) is 5.93. The number of benzene rings is 1. The van der Waals surface area contributed by atoms with E-state index < -0.39 is 0 Å². The molecule has 0 aliphatic carbocycles. The summed E-state index contributed by atoms with van der Waals surface area (Å²) in [5.74, 6) is 2.50. The molecule has 1 atom stereocenters. The van der Waals surface area contributed by atoms with E-state index in [4.69, 9.17) is 9.47 Å². The van der Waals surface area contributed by atoms with E-state index in [2.05, 4.69) is 16.9 Å².